The number of amides is 1. The highest BCUT2D eigenvalue weighted by Crippen LogP contribution is 2.28. The summed E-state index contributed by atoms with van der Waals surface area (Å²) < 4.78 is 0. The van der Waals surface area contributed by atoms with E-state index in [4.69, 9.17) is 5.73 Å². The number of benzene rings is 1. The predicted molar refractivity (Wildman–Crippen MR) is 76.0 cm³/mol. The van der Waals surface area contributed by atoms with E-state index in [0.717, 1.165) is 31.6 Å². The van der Waals surface area contributed by atoms with Gasteiger partial charge in [-0.05, 0) is 49.8 Å². The molecule has 19 heavy (non-hydrogen) atoms. The molecule has 1 fully saturated rings. The van der Waals surface area contributed by atoms with Crippen LogP contribution in [-0.2, 0) is 0 Å². The van der Waals surface area contributed by atoms with Crippen LogP contribution in [0.25, 0.3) is 0 Å². The van der Waals surface area contributed by atoms with Crippen LogP contribution in [0.2, 0.25) is 0 Å². The van der Waals surface area contributed by atoms with Crippen LogP contribution in [0.15, 0.2) is 18.2 Å². The number of nitrogen functional groups attached to an aromatic ring is 1. The fraction of sp³-hybridized carbons (Fsp3) is 0.533. The third-order valence-corrected chi connectivity index (χ3v) is 4.12. The lowest BCUT2D eigenvalue weighted by atomic mass is 9.86. The highest BCUT2D eigenvalue weighted by molar-refractivity contribution is 5.99. The average molecular weight is 262 g/mol. The first-order valence-corrected chi connectivity index (χ1v) is 6.84. The van der Waals surface area contributed by atoms with Gasteiger partial charge in [0, 0.05) is 18.8 Å². The Kier molecular flexibility index (Phi) is 3.98. The van der Waals surface area contributed by atoms with E-state index in [9.17, 15) is 9.90 Å². The number of carbonyl (C=O) groups excluding carboxylic acids is 1. The van der Waals surface area contributed by atoms with Gasteiger partial charge in [-0.1, -0.05) is 6.92 Å². The van der Waals surface area contributed by atoms with Gasteiger partial charge in [0.1, 0.15) is 5.75 Å². The minimum atomic E-state index is -0.104. The van der Waals surface area contributed by atoms with Crippen molar-refractivity contribution in [2.45, 2.75) is 38.6 Å². The number of nitrogens with two attached hydrogens (primary N) is 1. The summed E-state index contributed by atoms with van der Waals surface area (Å²) in [5.41, 5.74) is 6.63. The van der Waals surface area contributed by atoms with E-state index in [1.807, 2.05) is 7.05 Å². The summed E-state index contributed by atoms with van der Waals surface area (Å²) >= 11 is 0. The minimum absolute atomic E-state index is 0.0724. The molecule has 4 nitrogen and oxygen atoms in total. The molecule has 0 saturated heterocycles. The van der Waals surface area contributed by atoms with E-state index in [1.165, 1.54) is 12.1 Å². The second-order valence-corrected chi connectivity index (χ2v) is 5.60. The van der Waals surface area contributed by atoms with Gasteiger partial charge in [-0.25, -0.2) is 0 Å². The van der Waals surface area contributed by atoms with Crippen molar-refractivity contribution in [1.82, 2.24) is 4.90 Å². The topological polar surface area (TPSA) is 66.6 Å². The van der Waals surface area contributed by atoms with E-state index in [0.29, 0.717) is 11.3 Å². The summed E-state index contributed by atoms with van der Waals surface area (Å²) in [7, 11) is 1.83. The number of phenols is 1. The molecule has 3 N–H and O–H groups in total. The Balaban J connectivity index is 2.12. The number of rotatable bonds is 2. The van der Waals surface area contributed by atoms with Gasteiger partial charge in [-0.2, -0.15) is 0 Å². The van der Waals surface area contributed by atoms with Crippen LogP contribution in [-0.4, -0.2) is 29.0 Å². The average Bonchev–Trinajstić information content (AvgIpc) is 2.41. The summed E-state index contributed by atoms with van der Waals surface area (Å²) in [6.07, 6.45) is 4.42. The Morgan fingerprint density at radius 2 is 1.95 bits per heavy atom. The van der Waals surface area contributed by atoms with Crippen LogP contribution in [0.4, 0.5) is 5.69 Å². The van der Waals surface area contributed by atoms with Crippen molar-refractivity contribution in [2.75, 3.05) is 12.8 Å². The zero-order valence-corrected chi connectivity index (χ0v) is 11.6. The van der Waals surface area contributed by atoms with Gasteiger partial charge in [0.15, 0.2) is 0 Å². The number of hydrogen-bond donors (Lipinski definition) is 2. The predicted octanol–water partition coefficient (Wildman–Crippen LogP) is 2.63. The number of nitrogens with zero attached hydrogens (tertiary/aromatic N) is 1. The quantitative estimate of drug-likeness (QED) is 0.636. The second-order valence-electron chi connectivity index (χ2n) is 5.60. The normalized spacial score (nSPS) is 23.1. The van der Waals surface area contributed by atoms with Crippen molar-refractivity contribution in [2.24, 2.45) is 5.92 Å². The molecule has 4 heteroatoms. The summed E-state index contributed by atoms with van der Waals surface area (Å²) in [6.45, 7) is 2.26. The van der Waals surface area contributed by atoms with Crippen molar-refractivity contribution in [3.8, 4) is 5.75 Å². The third-order valence-electron chi connectivity index (χ3n) is 4.12. The summed E-state index contributed by atoms with van der Waals surface area (Å²) in [5.74, 6) is 0.724. The monoisotopic (exact) mass is 262 g/mol. The highest BCUT2D eigenvalue weighted by Gasteiger charge is 2.26. The van der Waals surface area contributed by atoms with E-state index in [1.54, 1.807) is 11.0 Å². The zero-order valence-electron chi connectivity index (χ0n) is 11.6. The molecule has 0 bridgehead atoms. The summed E-state index contributed by atoms with van der Waals surface area (Å²) in [4.78, 5) is 14.2. The smallest absolute Gasteiger partial charge is 0.256 e. The number of aromatic hydroxyl groups is 1. The van der Waals surface area contributed by atoms with Gasteiger partial charge in [0.2, 0.25) is 0 Å². The van der Waals surface area contributed by atoms with E-state index < -0.39 is 0 Å². The van der Waals surface area contributed by atoms with Crippen LogP contribution in [0.3, 0.4) is 0 Å². The number of carbonyl (C=O) groups is 1. The van der Waals surface area contributed by atoms with Crippen LogP contribution in [0, 0.1) is 5.92 Å². The fourth-order valence-corrected chi connectivity index (χ4v) is 2.72. The van der Waals surface area contributed by atoms with Crippen LogP contribution in [0.5, 0.6) is 5.75 Å². The molecule has 2 rings (SSSR count). The van der Waals surface area contributed by atoms with E-state index in [2.05, 4.69) is 6.92 Å². The van der Waals surface area contributed by atoms with Crippen molar-refractivity contribution < 1.29 is 9.90 Å². The van der Waals surface area contributed by atoms with Gasteiger partial charge in [0.25, 0.3) is 5.91 Å². The van der Waals surface area contributed by atoms with Crippen LogP contribution < -0.4 is 5.73 Å². The lowest BCUT2D eigenvalue weighted by Crippen LogP contribution is -2.39. The molecule has 0 spiro atoms. The molecule has 0 unspecified atom stereocenters. The first kappa shape index (κ1) is 13.7. The number of phenolic OH excluding ortho intramolecular Hbond substituents is 1. The lowest BCUT2D eigenvalue weighted by Gasteiger charge is -2.33. The van der Waals surface area contributed by atoms with Gasteiger partial charge in [-0.3, -0.25) is 4.79 Å². The van der Waals surface area contributed by atoms with Crippen molar-refractivity contribution in [3.05, 3.63) is 23.8 Å². The van der Waals surface area contributed by atoms with Gasteiger partial charge in [0.05, 0.1) is 5.56 Å². The molecular weight excluding hydrogens is 240 g/mol. The van der Waals surface area contributed by atoms with E-state index >= 15 is 0 Å². The second kappa shape index (κ2) is 5.51. The molecule has 1 saturated carbocycles. The largest absolute Gasteiger partial charge is 0.508 e. The Hall–Kier alpha value is -1.71. The van der Waals surface area contributed by atoms with Crippen molar-refractivity contribution >= 4 is 11.6 Å². The molecule has 1 aromatic carbocycles. The Labute approximate surface area is 114 Å². The van der Waals surface area contributed by atoms with Crippen molar-refractivity contribution in [3.63, 3.8) is 0 Å². The number of anilines is 1. The third kappa shape index (κ3) is 3.00. The Morgan fingerprint density at radius 1 is 1.32 bits per heavy atom. The first-order chi connectivity index (χ1) is 8.99. The van der Waals surface area contributed by atoms with Crippen LogP contribution in [0.1, 0.15) is 43.0 Å². The van der Waals surface area contributed by atoms with Crippen LogP contribution >= 0.6 is 0 Å². The van der Waals surface area contributed by atoms with Gasteiger partial charge < -0.3 is 15.7 Å². The maximum atomic E-state index is 12.4. The Bertz CT molecular complexity index is 465. The minimum Gasteiger partial charge on any atom is -0.508 e. The molecule has 1 aliphatic rings. The molecule has 0 aromatic heterocycles. The maximum Gasteiger partial charge on any atom is 0.256 e. The molecule has 1 aliphatic carbocycles. The van der Waals surface area contributed by atoms with Crippen molar-refractivity contribution in [1.29, 1.82) is 0 Å². The molecule has 1 amide bonds. The first-order valence-electron chi connectivity index (χ1n) is 6.84. The fourth-order valence-electron chi connectivity index (χ4n) is 2.72. The molecule has 104 valence electrons. The van der Waals surface area contributed by atoms with Gasteiger partial charge in [-0.15, -0.1) is 0 Å². The zero-order chi connectivity index (χ0) is 14.0. The lowest BCUT2D eigenvalue weighted by molar-refractivity contribution is 0.0680. The van der Waals surface area contributed by atoms with E-state index in [-0.39, 0.29) is 17.7 Å². The maximum absolute atomic E-state index is 12.4. The van der Waals surface area contributed by atoms with Gasteiger partial charge >= 0.3 is 0 Å². The summed E-state index contributed by atoms with van der Waals surface area (Å²) in [6, 6.07) is 4.79. The summed E-state index contributed by atoms with van der Waals surface area (Å²) in [5, 5.41) is 9.49. The molecular formula is C15H22N2O2. The SMILES string of the molecule is CC1CCC(N(C)C(=O)c2cc(O)ccc2N)CC1. The molecule has 0 radical (unpaired) electrons. The highest BCUT2D eigenvalue weighted by atomic mass is 16.3. The molecule has 0 aliphatic heterocycles. The molecule has 0 heterocycles. The standard InChI is InChI=1S/C15H22N2O2/c1-10-3-5-11(6-4-10)17(2)15(19)13-9-12(18)7-8-14(13)16/h7-11,18H,3-6,16H2,1-2H3. The molecule has 1 aromatic rings. The Morgan fingerprint density at radius 3 is 2.58 bits per heavy atom. The number of hydrogen-bond acceptors (Lipinski definition) is 3. The molecule has 0 atom stereocenters.